The number of hydrogen-bond acceptors (Lipinski definition) is 6. The van der Waals surface area contributed by atoms with Crippen molar-refractivity contribution < 1.29 is 58.7 Å². The Bertz CT molecular complexity index is 1300. The molecule has 2 aromatic rings. The Morgan fingerprint density at radius 3 is 2.30 bits per heavy atom. The van der Waals surface area contributed by atoms with Crippen molar-refractivity contribution in [2.45, 2.75) is 44.2 Å². The van der Waals surface area contributed by atoms with Gasteiger partial charge in [0.05, 0.1) is 24.4 Å². The number of ether oxygens (including phenoxy) is 1. The fourth-order valence-corrected chi connectivity index (χ4v) is 3.74. The maximum atomic E-state index is 14.3. The van der Waals surface area contributed by atoms with Crippen molar-refractivity contribution in [1.29, 1.82) is 0 Å². The van der Waals surface area contributed by atoms with Gasteiger partial charge >= 0.3 is 18.5 Å². The molecule has 9 nitrogen and oxygen atoms in total. The van der Waals surface area contributed by atoms with Crippen molar-refractivity contribution in [3.63, 3.8) is 0 Å². The van der Waals surface area contributed by atoms with Crippen molar-refractivity contribution in [2.24, 2.45) is 5.16 Å². The number of hydrogen-bond donors (Lipinski definition) is 2. The van der Waals surface area contributed by atoms with Gasteiger partial charge in [-0.3, -0.25) is 9.59 Å². The number of nitrogens with one attached hydrogen (secondary N) is 2. The van der Waals surface area contributed by atoms with E-state index in [0.29, 0.717) is 4.68 Å². The number of alkyl halides is 9. The van der Waals surface area contributed by atoms with Crippen LogP contribution in [-0.4, -0.2) is 59.9 Å². The largest absolute Gasteiger partial charge is 0.437 e. The molecule has 1 aliphatic rings. The van der Waals surface area contributed by atoms with E-state index in [2.05, 4.69) is 15.6 Å². The van der Waals surface area contributed by atoms with Crippen LogP contribution < -0.4 is 10.6 Å². The number of amides is 2. The normalized spacial score (nSPS) is 17.8. The molecule has 1 aromatic heterocycles. The fourth-order valence-electron chi connectivity index (χ4n) is 3.74. The summed E-state index contributed by atoms with van der Waals surface area (Å²) in [7, 11) is 1.05. The molecule has 220 valence electrons. The summed E-state index contributed by atoms with van der Waals surface area (Å²) >= 11 is 0. The number of halogens is 9. The average Bonchev–Trinajstić information content (AvgIpc) is 3.46. The quantitative estimate of drug-likeness (QED) is 0.456. The van der Waals surface area contributed by atoms with Crippen LogP contribution in [0, 0.1) is 6.92 Å². The Balaban J connectivity index is 1.82. The minimum Gasteiger partial charge on any atom is -0.372 e. The van der Waals surface area contributed by atoms with E-state index in [0.717, 1.165) is 7.11 Å². The second-order valence-corrected chi connectivity index (χ2v) is 8.56. The number of oxime groups is 1. The van der Waals surface area contributed by atoms with Gasteiger partial charge < -0.3 is 20.2 Å². The summed E-state index contributed by atoms with van der Waals surface area (Å²) in [4.78, 5) is 28.6. The van der Waals surface area contributed by atoms with E-state index in [4.69, 9.17) is 9.57 Å². The van der Waals surface area contributed by atoms with Crippen LogP contribution in [0.3, 0.4) is 0 Å². The Morgan fingerprint density at radius 1 is 1.07 bits per heavy atom. The molecule has 2 heterocycles. The molecular weight excluding hydrogens is 569 g/mol. The van der Waals surface area contributed by atoms with Gasteiger partial charge in [-0.15, -0.1) is 0 Å². The molecule has 0 saturated carbocycles. The number of aromatic nitrogens is 2. The van der Waals surface area contributed by atoms with Crippen molar-refractivity contribution >= 4 is 17.5 Å². The van der Waals surface area contributed by atoms with Crippen LogP contribution in [0.25, 0.3) is 0 Å². The Hall–Kier alpha value is -3.83. The van der Waals surface area contributed by atoms with Crippen molar-refractivity contribution in [1.82, 2.24) is 20.4 Å². The minimum absolute atomic E-state index is 0.0388. The Labute approximate surface area is 219 Å². The zero-order valence-electron chi connectivity index (χ0n) is 20.5. The van der Waals surface area contributed by atoms with Crippen molar-refractivity contribution in [3.05, 3.63) is 52.3 Å². The highest BCUT2D eigenvalue weighted by Crippen LogP contribution is 2.49. The minimum atomic E-state index is -5.26. The van der Waals surface area contributed by atoms with E-state index in [1.165, 1.54) is 25.1 Å². The van der Waals surface area contributed by atoms with Gasteiger partial charge in [0.2, 0.25) is 5.91 Å². The lowest BCUT2D eigenvalue weighted by Crippen LogP contribution is -2.44. The number of benzene rings is 1. The lowest BCUT2D eigenvalue weighted by Gasteiger charge is -2.29. The molecular formula is C22H20F9N5O4. The summed E-state index contributed by atoms with van der Waals surface area (Å²) in [6, 6.07) is 3.81. The van der Waals surface area contributed by atoms with E-state index in [-0.39, 0.29) is 28.5 Å². The monoisotopic (exact) mass is 589 g/mol. The van der Waals surface area contributed by atoms with E-state index in [1.54, 1.807) is 5.32 Å². The topological polar surface area (TPSA) is 107 Å². The zero-order chi connectivity index (χ0) is 30.1. The van der Waals surface area contributed by atoms with Crippen LogP contribution in [0.2, 0.25) is 0 Å². The lowest BCUT2D eigenvalue weighted by atomic mass is 9.89. The first kappa shape index (κ1) is 30.7. The molecule has 0 saturated heterocycles. The number of aryl methyl sites for hydroxylation is 1. The predicted octanol–water partition coefficient (Wildman–Crippen LogP) is 3.80. The van der Waals surface area contributed by atoms with E-state index in [1.807, 2.05) is 0 Å². The highest BCUT2D eigenvalue weighted by atomic mass is 19.4. The van der Waals surface area contributed by atoms with Crippen LogP contribution in [-0.2, 0) is 32.9 Å². The van der Waals surface area contributed by atoms with Crippen LogP contribution in [0.15, 0.2) is 29.4 Å². The smallest absolute Gasteiger partial charge is 0.372 e. The number of nitrogens with zero attached hydrogens (tertiary/aromatic N) is 3. The number of rotatable bonds is 8. The molecule has 0 fully saturated rings. The van der Waals surface area contributed by atoms with Crippen LogP contribution in [0.4, 0.5) is 39.5 Å². The first-order chi connectivity index (χ1) is 18.4. The van der Waals surface area contributed by atoms with Gasteiger partial charge in [-0.25, -0.2) is 4.68 Å². The number of carbonyl (C=O) groups excluding carboxylic acids is 2. The van der Waals surface area contributed by atoms with Gasteiger partial charge in [-0.05, 0) is 36.2 Å². The standard InChI is InChI=1S/C22H20F9N5O4/c1-11-5-12(3-4-13(11)18(38)32-8-17(37)33-9-20(23,24)25)14-7-19(40-35-14,22(29,30)31)16-6-15(21(26,27)28)34-36(16)10-39-2/h3-6H,7-10H2,1-2H3,(H,32,38)(H,33,37). The number of carbonyl (C=O) groups is 2. The van der Waals surface area contributed by atoms with E-state index in [9.17, 15) is 49.1 Å². The van der Waals surface area contributed by atoms with Crippen molar-refractivity contribution in [2.75, 3.05) is 20.2 Å². The first-order valence-electron chi connectivity index (χ1n) is 11.1. The van der Waals surface area contributed by atoms with Gasteiger partial charge in [0.15, 0.2) is 5.69 Å². The van der Waals surface area contributed by atoms with Gasteiger partial charge in [0, 0.05) is 12.7 Å². The predicted molar refractivity (Wildman–Crippen MR) is 117 cm³/mol. The maximum Gasteiger partial charge on any atom is 0.437 e. The van der Waals surface area contributed by atoms with E-state index < -0.39 is 73.6 Å². The summed E-state index contributed by atoms with van der Waals surface area (Å²) in [5.74, 6) is -1.97. The molecule has 2 N–H and O–H groups in total. The van der Waals surface area contributed by atoms with E-state index >= 15 is 0 Å². The number of methoxy groups -OCH3 is 1. The summed E-state index contributed by atoms with van der Waals surface area (Å²) in [6.45, 7) is -1.74. The maximum absolute atomic E-state index is 14.3. The summed E-state index contributed by atoms with van der Waals surface area (Å²) < 4.78 is 124. The van der Waals surface area contributed by atoms with Crippen LogP contribution in [0.5, 0.6) is 0 Å². The van der Waals surface area contributed by atoms with Gasteiger partial charge in [-0.1, -0.05) is 11.2 Å². The summed E-state index contributed by atoms with van der Waals surface area (Å²) in [6.07, 6.45) is -16.0. The summed E-state index contributed by atoms with van der Waals surface area (Å²) in [5, 5.41) is 10.3. The molecule has 18 heteroatoms. The molecule has 1 aromatic carbocycles. The van der Waals surface area contributed by atoms with Crippen molar-refractivity contribution in [3.8, 4) is 0 Å². The second kappa shape index (κ2) is 11.0. The third kappa shape index (κ3) is 6.65. The molecule has 1 unspecified atom stereocenters. The van der Waals surface area contributed by atoms with Gasteiger partial charge in [0.1, 0.15) is 13.3 Å². The molecule has 0 radical (unpaired) electrons. The molecule has 40 heavy (non-hydrogen) atoms. The second-order valence-electron chi connectivity index (χ2n) is 8.56. The lowest BCUT2D eigenvalue weighted by molar-refractivity contribution is -0.278. The molecule has 1 aliphatic heterocycles. The molecule has 0 aliphatic carbocycles. The average molecular weight is 589 g/mol. The highest BCUT2D eigenvalue weighted by molar-refractivity contribution is 6.04. The van der Waals surface area contributed by atoms with Gasteiger partial charge in [0.25, 0.3) is 11.5 Å². The van der Waals surface area contributed by atoms with Gasteiger partial charge in [-0.2, -0.15) is 44.6 Å². The molecule has 0 spiro atoms. The third-order valence-corrected chi connectivity index (χ3v) is 5.62. The fraction of sp³-hybridized carbons (Fsp3) is 0.455. The molecule has 2 amide bonds. The highest BCUT2D eigenvalue weighted by Gasteiger charge is 2.64. The summed E-state index contributed by atoms with van der Waals surface area (Å²) in [5.41, 5.74) is -6.08. The zero-order valence-corrected chi connectivity index (χ0v) is 20.5. The molecule has 1 atom stereocenters. The molecule has 0 bridgehead atoms. The van der Waals surface area contributed by atoms with Crippen LogP contribution in [0.1, 0.15) is 39.3 Å². The first-order valence-corrected chi connectivity index (χ1v) is 11.1. The SMILES string of the molecule is COCn1nc(C(F)(F)F)cc1C1(C(F)(F)F)CC(c2ccc(C(=O)NCC(=O)NCC(F)(F)F)c(C)c2)=NO1. The Kier molecular flexibility index (Phi) is 8.43. The Morgan fingerprint density at radius 2 is 1.75 bits per heavy atom. The molecule has 3 rings (SSSR count). The third-order valence-electron chi connectivity index (χ3n) is 5.62. The van der Waals surface area contributed by atoms with Crippen LogP contribution >= 0.6 is 0 Å².